The molecule has 1 aliphatic heterocycles. The second kappa shape index (κ2) is 8.84. The molecule has 1 aromatic heterocycles. The molecular formula is C21H26N4O3. The van der Waals surface area contributed by atoms with E-state index in [4.69, 9.17) is 0 Å². The molecule has 0 spiro atoms. The number of fused-ring (bicyclic) bond motifs is 1. The number of hydrogen-bond donors (Lipinski definition) is 2. The van der Waals surface area contributed by atoms with E-state index in [1.807, 2.05) is 0 Å². The summed E-state index contributed by atoms with van der Waals surface area (Å²) in [5.74, 6) is -0.539. The van der Waals surface area contributed by atoms with Crippen molar-refractivity contribution in [2.45, 2.75) is 33.4 Å². The minimum atomic E-state index is -0.377. The van der Waals surface area contributed by atoms with Gasteiger partial charge in [-0.15, -0.1) is 0 Å². The van der Waals surface area contributed by atoms with Crippen molar-refractivity contribution in [1.82, 2.24) is 14.8 Å². The highest BCUT2D eigenvalue weighted by molar-refractivity contribution is 5.88. The van der Waals surface area contributed by atoms with Crippen molar-refractivity contribution in [3.63, 3.8) is 0 Å². The average molecular weight is 382 g/mol. The highest BCUT2D eigenvalue weighted by atomic mass is 16.2. The molecule has 1 aliphatic rings. The van der Waals surface area contributed by atoms with Gasteiger partial charge in [-0.1, -0.05) is 24.3 Å². The van der Waals surface area contributed by atoms with Crippen LogP contribution in [0.5, 0.6) is 0 Å². The molecule has 28 heavy (non-hydrogen) atoms. The van der Waals surface area contributed by atoms with Crippen molar-refractivity contribution in [3.8, 4) is 0 Å². The molecule has 2 N–H and O–H groups in total. The second-order valence-electron chi connectivity index (χ2n) is 7.11. The molecule has 0 fully saturated rings. The molecule has 148 valence electrons. The molecule has 0 aliphatic carbocycles. The molecule has 7 heteroatoms. The first-order valence-electron chi connectivity index (χ1n) is 9.48. The number of benzene rings is 1. The van der Waals surface area contributed by atoms with Crippen LogP contribution in [0, 0.1) is 6.92 Å². The molecule has 0 radical (unpaired) electrons. The van der Waals surface area contributed by atoms with Gasteiger partial charge in [-0.25, -0.2) is 0 Å². The number of aryl methyl sites for hydroxylation is 1. The Morgan fingerprint density at radius 1 is 1.11 bits per heavy atom. The number of nitrogens with one attached hydrogen (secondary N) is 2. The first-order valence-corrected chi connectivity index (χ1v) is 9.48. The topological polar surface area (TPSA) is 83.4 Å². The SMILES string of the molecule is CC(=O)Nc1ccc(C)n(CC(=O)NCCN2CCc3ccccc3C2)c1=O. The Hall–Kier alpha value is -2.93. The lowest BCUT2D eigenvalue weighted by molar-refractivity contribution is -0.121. The van der Waals surface area contributed by atoms with E-state index in [2.05, 4.69) is 39.8 Å². The zero-order valence-electron chi connectivity index (χ0n) is 16.3. The van der Waals surface area contributed by atoms with E-state index in [1.165, 1.54) is 22.6 Å². The van der Waals surface area contributed by atoms with Gasteiger partial charge >= 0.3 is 0 Å². The van der Waals surface area contributed by atoms with Crippen LogP contribution in [0.1, 0.15) is 23.7 Å². The lowest BCUT2D eigenvalue weighted by Crippen LogP contribution is -2.40. The van der Waals surface area contributed by atoms with Crippen LogP contribution in [0.2, 0.25) is 0 Å². The smallest absolute Gasteiger partial charge is 0.274 e. The number of carbonyl (C=O) groups excluding carboxylic acids is 2. The van der Waals surface area contributed by atoms with Crippen LogP contribution in [-0.2, 0) is 29.1 Å². The monoisotopic (exact) mass is 382 g/mol. The van der Waals surface area contributed by atoms with Crippen LogP contribution < -0.4 is 16.2 Å². The molecule has 2 amide bonds. The molecule has 2 aromatic rings. The Balaban J connectivity index is 1.53. The maximum atomic E-state index is 12.5. The quantitative estimate of drug-likeness (QED) is 0.789. The number of aromatic nitrogens is 1. The first kappa shape index (κ1) is 19.8. The van der Waals surface area contributed by atoms with Crippen molar-refractivity contribution >= 4 is 17.5 Å². The Morgan fingerprint density at radius 2 is 1.86 bits per heavy atom. The van der Waals surface area contributed by atoms with Gasteiger partial charge in [-0.2, -0.15) is 0 Å². The molecule has 0 bridgehead atoms. The molecule has 0 atom stereocenters. The van der Waals surface area contributed by atoms with Crippen molar-refractivity contribution in [2.24, 2.45) is 0 Å². The van der Waals surface area contributed by atoms with Crippen LogP contribution in [0.15, 0.2) is 41.2 Å². The Kier molecular flexibility index (Phi) is 6.26. The van der Waals surface area contributed by atoms with E-state index in [9.17, 15) is 14.4 Å². The van der Waals surface area contributed by atoms with Gasteiger partial charge in [0.15, 0.2) is 0 Å². The summed E-state index contributed by atoms with van der Waals surface area (Å²) in [6, 6.07) is 11.7. The number of pyridine rings is 1. The van der Waals surface area contributed by atoms with Gasteiger partial charge in [0.05, 0.1) is 0 Å². The van der Waals surface area contributed by atoms with Crippen molar-refractivity contribution in [3.05, 3.63) is 63.6 Å². The van der Waals surface area contributed by atoms with Crippen LogP contribution in [-0.4, -0.2) is 40.9 Å². The molecule has 2 heterocycles. The number of hydrogen-bond acceptors (Lipinski definition) is 4. The number of nitrogens with zero attached hydrogens (tertiary/aromatic N) is 2. The third-order valence-electron chi connectivity index (χ3n) is 4.96. The fourth-order valence-electron chi connectivity index (χ4n) is 3.45. The van der Waals surface area contributed by atoms with E-state index in [-0.39, 0.29) is 29.6 Å². The summed E-state index contributed by atoms with van der Waals surface area (Å²) in [5, 5.41) is 5.39. The summed E-state index contributed by atoms with van der Waals surface area (Å²) >= 11 is 0. The van der Waals surface area contributed by atoms with Crippen LogP contribution in [0.3, 0.4) is 0 Å². The minimum Gasteiger partial charge on any atom is -0.353 e. The number of anilines is 1. The average Bonchev–Trinajstić information content (AvgIpc) is 2.67. The first-order chi connectivity index (χ1) is 13.4. The Bertz CT molecular complexity index is 935. The van der Waals surface area contributed by atoms with Crippen LogP contribution in [0.4, 0.5) is 5.69 Å². The van der Waals surface area contributed by atoms with Crippen LogP contribution >= 0.6 is 0 Å². The Labute approximate surface area is 164 Å². The minimum absolute atomic E-state index is 0.0685. The normalized spacial score (nSPS) is 13.6. The van der Waals surface area contributed by atoms with Gasteiger partial charge in [0, 0.05) is 38.8 Å². The number of rotatable bonds is 6. The van der Waals surface area contributed by atoms with Gasteiger partial charge in [0.2, 0.25) is 11.8 Å². The zero-order chi connectivity index (χ0) is 20.1. The highest BCUT2D eigenvalue weighted by Gasteiger charge is 2.16. The third kappa shape index (κ3) is 4.86. The standard InChI is InChI=1S/C21H26N4O3/c1-15-7-8-19(23-16(2)26)21(28)25(15)14-20(27)22-10-12-24-11-9-17-5-3-4-6-18(17)13-24/h3-8H,9-14H2,1-2H3,(H,22,27)(H,23,26). The predicted octanol–water partition coefficient (Wildman–Crippen LogP) is 1.29. The van der Waals surface area contributed by atoms with Crippen molar-refractivity contribution in [1.29, 1.82) is 0 Å². The molecule has 3 rings (SSSR count). The van der Waals surface area contributed by atoms with E-state index >= 15 is 0 Å². The van der Waals surface area contributed by atoms with E-state index < -0.39 is 0 Å². The van der Waals surface area contributed by atoms with Crippen LogP contribution in [0.25, 0.3) is 0 Å². The van der Waals surface area contributed by atoms with Gasteiger partial charge in [0.25, 0.3) is 5.56 Å². The van der Waals surface area contributed by atoms with Crippen molar-refractivity contribution < 1.29 is 9.59 Å². The molecular weight excluding hydrogens is 356 g/mol. The number of amides is 2. The maximum absolute atomic E-state index is 12.5. The number of carbonyl (C=O) groups is 2. The van der Waals surface area contributed by atoms with Gasteiger partial charge in [-0.3, -0.25) is 19.3 Å². The molecule has 0 unspecified atom stereocenters. The summed E-state index contributed by atoms with van der Waals surface area (Å²) in [4.78, 5) is 38.3. The predicted molar refractivity (Wildman–Crippen MR) is 108 cm³/mol. The van der Waals surface area contributed by atoms with Gasteiger partial charge in [-0.05, 0) is 36.6 Å². The van der Waals surface area contributed by atoms with Gasteiger partial charge in [0.1, 0.15) is 12.2 Å². The maximum Gasteiger partial charge on any atom is 0.274 e. The zero-order valence-corrected chi connectivity index (χ0v) is 16.3. The van der Waals surface area contributed by atoms with E-state index in [0.717, 1.165) is 26.1 Å². The fourth-order valence-corrected chi connectivity index (χ4v) is 3.45. The largest absolute Gasteiger partial charge is 0.353 e. The fraction of sp³-hybridized carbons (Fsp3) is 0.381. The Morgan fingerprint density at radius 3 is 2.61 bits per heavy atom. The van der Waals surface area contributed by atoms with Gasteiger partial charge < -0.3 is 15.2 Å². The molecule has 1 aromatic carbocycles. The molecule has 0 saturated heterocycles. The highest BCUT2D eigenvalue weighted by Crippen LogP contribution is 2.17. The van der Waals surface area contributed by atoms with E-state index in [1.54, 1.807) is 19.1 Å². The molecule has 0 saturated carbocycles. The lowest BCUT2D eigenvalue weighted by Gasteiger charge is -2.28. The van der Waals surface area contributed by atoms with Crippen molar-refractivity contribution in [2.75, 3.05) is 25.0 Å². The summed E-state index contributed by atoms with van der Waals surface area (Å²) < 4.78 is 1.37. The molecule has 7 nitrogen and oxygen atoms in total. The summed E-state index contributed by atoms with van der Waals surface area (Å²) in [7, 11) is 0. The summed E-state index contributed by atoms with van der Waals surface area (Å²) in [5.41, 5.74) is 3.21. The summed E-state index contributed by atoms with van der Waals surface area (Å²) in [6.45, 7) is 6.20. The third-order valence-corrected chi connectivity index (χ3v) is 4.96. The second-order valence-corrected chi connectivity index (χ2v) is 7.11. The lowest BCUT2D eigenvalue weighted by atomic mass is 10.00. The van der Waals surface area contributed by atoms with E-state index in [0.29, 0.717) is 12.2 Å². The summed E-state index contributed by atoms with van der Waals surface area (Å²) in [6.07, 6.45) is 1.02.